The number of aliphatic hydroxyl groups is 1. The summed E-state index contributed by atoms with van der Waals surface area (Å²) in [7, 11) is 0. The van der Waals surface area contributed by atoms with Gasteiger partial charge >= 0.3 is 0 Å². The molecule has 5 heteroatoms. The lowest BCUT2D eigenvalue weighted by Gasteiger charge is -2.48. The van der Waals surface area contributed by atoms with Crippen LogP contribution in [0.25, 0.3) is 0 Å². The third-order valence-corrected chi connectivity index (χ3v) is 4.40. The molecule has 3 rings (SSSR count). The molecule has 1 aromatic heterocycles. The van der Waals surface area contributed by atoms with Crippen LogP contribution in [0.1, 0.15) is 38.0 Å². The minimum absolute atomic E-state index is 0.489. The van der Waals surface area contributed by atoms with Crippen molar-refractivity contribution in [3.63, 3.8) is 0 Å². The van der Waals surface area contributed by atoms with Gasteiger partial charge in [0.1, 0.15) is 22.7 Å². The Balaban J connectivity index is 2.12. The summed E-state index contributed by atoms with van der Waals surface area (Å²) in [5, 5.41) is 20.2. The highest BCUT2D eigenvalue weighted by atomic mass is 16.5. The van der Waals surface area contributed by atoms with Crippen molar-refractivity contribution in [1.82, 2.24) is 4.98 Å². The highest BCUT2D eigenvalue weighted by Gasteiger charge is 2.54. The van der Waals surface area contributed by atoms with E-state index in [9.17, 15) is 5.11 Å². The SMILES string of the molecule is CC1(C)Oc2ccc(C#N)cc2C(Oc2cccnc2)C1(C)O. The van der Waals surface area contributed by atoms with E-state index < -0.39 is 17.3 Å². The molecule has 1 aromatic carbocycles. The van der Waals surface area contributed by atoms with Gasteiger partial charge in [0, 0.05) is 11.8 Å². The van der Waals surface area contributed by atoms with Gasteiger partial charge in [-0.15, -0.1) is 0 Å². The van der Waals surface area contributed by atoms with Crippen LogP contribution in [0.4, 0.5) is 0 Å². The molecule has 23 heavy (non-hydrogen) atoms. The van der Waals surface area contributed by atoms with E-state index in [1.165, 1.54) is 0 Å². The number of aromatic nitrogens is 1. The maximum Gasteiger partial charge on any atom is 0.160 e. The number of nitriles is 1. The molecule has 2 heterocycles. The van der Waals surface area contributed by atoms with Crippen LogP contribution >= 0.6 is 0 Å². The topological polar surface area (TPSA) is 75.4 Å². The van der Waals surface area contributed by atoms with Gasteiger partial charge in [-0.25, -0.2) is 0 Å². The fourth-order valence-corrected chi connectivity index (χ4v) is 2.64. The number of rotatable bonds is 2. The Morgan fingerprint density at radius 3 is 2.74 bits per heavy atom. The van der Waals surface area contributed by atoms with E-state index in [1.807, 2.05) is 13.8 Å². The van der Waals surface area contributed by atoms with Crippen molar-refractivity contribution in [2.45, 2.75) is 38.1 Å². The van der Waals surface area contributed by atoms with Gasteiger partial charge in [0.15, 0.2) is 6.10 Å². The second-order valence-electron chi connectivity index (χ2n) is 6.31. The zero-order valence-corrected chi connectivity index (χ0v) is 13.3. The third-order valence-electron chi connectivity index (χ3n) is 4.40. The summed E-state index contributed by atoms with van der Waals surface area (Å²) in [5.41, 5.74) is -1.02. The monoisotopic (exact) mass is 310 g/mol. The minimum atomic E-state index is -1.30. The Labute approximate surface area is 135 Å². The van der Waals surface area contributed by atoms with Gasteiger partial charge in [-0.2, -0.15) is 5.26 Å². The fraction of sp³-hybridized carbons (Fsp3) is 0.333. The van der Waals surface area contributed by atoms with E-state index in [0.717, 1.165) is 0 Å². The van der Waals surface area contributed by atoms with Gasteiger partial charge in [0.2, 0.25) is 0 Å². The first-order chi connectivity index (χ1) is 10.8. The Hall–Kier alpha value is -2.58. The summed E-state index contributed by atoms with van der Waals surface area (Å²) in [4.78, 5) is 4.03. The minimum Gasteiger partial charge on any atom is -0.484 e. The molecule has 0 radical (unpaired) electrons. The number of pyridine rings is 1. The second-order valence-corrected chi connectivity index (χ2v) is 6.31. The van der Waals surface area contributed by atoms with E-state index in [2.05, 4.69) is 11.1 Å². The molecule has 2 unspecified atom stereocenters. The Kier molecular flexibility index (Phi) is 3.50. The summed E-state index contributed by atoms with van der Waals surface area (Å²) < 4.78 is 12.0. The molecule has 0 saturated heterocycles. The van der Waals surface area contributed by atoms with Crippen LogP contribution in [0.15, 0.2) is 42.7 Å². The molecule has 1 N–H and O–H groups in total. The lowest BCUT2D eigenvalue weighted by Crippen LogP contribution is -2.59. The summed E-state index contributed by atoms with van der Waals surface area (Å²) in [6.45, 7) is 5.30. The van der Waals surface area contributed by atoms with Crippen molar-refractivity contribution in [2.24, 2.45) is 0 Å². The molecule has 2 aromatic rings. The summed E-state index contributed by atoms with van der Waals surface area (Å²) >= 11 is 0. The molecule has 2 atom stereocenters. The largest absolute Gasteiger partial charge is 0.484 e. The standard InChI is InChI=1S/C18H18N2O3/c1-17(2)18(3,21)16(22-13-5-4-8-20-11-13)14-9-12(10-19)6-7-15(14)23-17/h4-9,11,16,21H,1-3H3. The Morgan fingerprint density at radius 1 is 1.30 bits per heavy atom. The van der Waals surface area contributed by atoms with Crippen molar-refractivity contribution in [2.75, 3.05) is 0 Å². The summed E-state index contributed by atoms with van der Waals surface area (Å²) in [6.07, 6.45) is 2.56. The number of benzene rings is 1. The molecule has 0 fully saturated rings. The predicted octanol–water partition coefficient (Wildman–Crippen LogP) is 3.00. The zero-order valence-electron chi connectivity index (χ0n) is 13.3. The maximum atomic E-state index is 11.1. The molecule has 0 aliphatic carbocycles. The first-order valence-corrected chi connectivity index (χ1v) is 7.37. The van der Waals surface area contributed by atoms with Crippen LogP contribution in [0.3, 0.4) is 0 Å². The Bertz CT molecular complexity index is 764. The third kappa shape index (κ3) is 2.51. The van der Waals surface area contributed by atoms with Crippen molar-refractivity contribution >= 4 is 0 Å². The maximum absolute atomic E-state index is 11.1. The van der Waals surface area contributed by atoms with E-state index in [-0.39, 0.29) is 0 Å². The van der Waals surface area contributed by atoms with Gasteiger partial charge < -0.3 is 14.6 Å². The lowest BCUT2D eigenvalue weighted by molar-refractivity contribution is -0.174. The molecule has 118 valence electrons. The number of ether oxygens (including phenoxy) is 2. The molecule has 0 saturated carbocycles. The van der Waals surface area contributed by atoms with E-state index in [0.29, 0.717) is 22.6 Å². The van der Waals surface area contributed by atoms with Crippen molar-refractivity contribution in [3.05, 3.63) is 53.9 Å². The van der Waals surface area contributed by atoms with Crippen LogP contribution < -0.4 is 9.47 Å². The van der Waals surface area contributed by atoms with Crippen molar-refractivity contribution in [3.8, 4) is 17.6 Å². The Morgan fingerprint density at radius 2 is 2.09 bits per heavy atom. The molecule has 0 amide bonds. The van der Waals surface area contributed by atoms with Gasteiger partial charge in [0.05, 0.1) is 17.8 Å². The average molecular weight is 310 g/mol. The van der Waals surface area contributed by atoms with Crippen LogP contribution in [-0.2, 0) is 0 Å². The van der Waals surface area contributed by atoms with E-state index in [1.54, 1.807) is 49.6 Å². The van der Waals surface area contributed by atoms with E-state index in [4.69, 9.17) is 14.7 Å². The van der Waals surface area contributed by atoms with Crippen LogP contribution in [0.2, 0.25) is 0 Å². The molecular formula is C18H18N2O3. The normalized spacial score (nSPS) is 24.9. The first-order valence-electron chi connectivity index (χ1n) is 7.37. The number of fused-ring (bicyclic) bond motifs is 1. The second kappa shape index (κ2) is 5.25. The molecule has 1 aliphatic heterocycles. The van der Waals surface area contributed by atoms with Gasteiger partial charge in [0.25, 0.3) is 0 Å². The predicted molar refractivity (Wildman–Crippen MR) is 84.1 cm³/mol. The first kappa shape index (κ1) is 15.3. The number of hydrogen-bond donors (Lipinski definition) is 1. The van der Waals surface area contributed by atoms with Crippen LogP contribution in [0, 0.1) is 11.3 Å². The zero-order chi connectivity index (χ0) is 16.7. The average Bonchev–Trinajstić information content (AvgIpc) is 2.52. The van der Waals surface area contributed by atoms with Gasteiger partial charge in [-0.3, -0.25) is 4.98 Å². The van der Waals surface area contributed by atoms with Crippen LogP contribution in [0.5, 0.6) is 11.5 Å². The molecule has 5 nitrogen and oxygen atoms in total. The van der Waals surface area contributed by atoms with E-state index >= 15 is 0 Å². The quantitative estimate of drug-likeness (QED) is 0.923. The molecular weight excluding hydrogens is 292 g/mol. The number of nitrogens with zero attached hydrogens (tertiary/aromatic N) is 2. The highest BCUT2D eigenvalue weighted by molar-refractivity contribution is 5.47. The van der Waals surface area contributed by atoms with Crippen LogP contribution in [-0.4, -0.2) is 21.3 Å². The molecule has 0 spiro atoms. The summed E-state index contributed by atoms with van der Waals surface area (Å²) in [5.74, 6) is 1.15. The highest BCUT2D eigenvalue weighted by Crippen LogP contribution is 2.48. The smallest absolute Gasteiger partial charge is 0.160 e. The van der Waals surface area contributed by atoms with Crippen molar-refractivity contribution < 1.29 is 14.6 Å². The molecule has 0 bridgehead atoms. The van der Waals surface area contributed by atoms with Crippen molar-refractivity contribution in [1.29, 1.82) is 5.26 Å². The molecule has 1 aliphatic rings. The summed E-state index contributed by atoms with van der Waals surface area (Å²) in [6, 6.07) is 10.8. The van der Waals surface area contributed by atoms with Gasteiger partial charge in [-0.05, 0) is 51.1 Å². The lowest BCUT2D eigenvalue weighted by atomic mass is 9.77. The fourth-order valence-electron chi connectivity index (χ4n) is 2.64. The number of hydrogen-bond acceptors (Lipinski definition) is 5. The van der Waals surface area contributed by atoms with Gasteiger partial charge in [-0.1, -0.05) is 0 Å².